The zero-order chi connectivity index (χ0) is 17.4. The smallest absolute Gasteiger partial charge is 0.416 e. The molecule has 1 aliphatic rings. The van der Waals surface area contributed by atoms with Gasteiger partial charge in [0.1, 0.15) is 0 Å². The van der Waals surface area contributed by atoms with Crippen molar-refractivity contribution in [3.05, 3.63) is 29.3 Å². The molecule has 0 aromatic heterocycles. The molecule has 0 atom stereocenters. The molecule has 1 N–H and O–H groups in total. The van der Waals surface area contributed by atoms with Crippen molar-refractivity contribution in [2.75, 3.05) is 18.0 Å². The zero-order valence-electron chi connectivity index (χ0n) is 11.7. The molecule has 0 unspecified atom stereocenters. The fourth-order valence-electron chi connectivity index (χ4n) is 2.51. The van der Waals surface area contributed by atoms with Crippen LogP contribution in [-0.4, -0.2) is 24.2 Å². The fourth-order valence-corrected chi connectivity index (χ4v) is 2.51. The van der Waals surface area contributed by atoms with Crippen LogP contribution in [0.3, 0.4) is 0 Å². The lowest BCUT2D eigenvalue weighted by molar-refractivity contribution is -0.143. The monoisotopic (exact) mass is 341 g/mol. The number of rotatable bonds is 2. The molecule has 128 valence electrons. The van der Waals surface area contributed by atoms with Crippen LogP contribution in [-0.2, 0) is 17.1 Å². The van der Waals surface area contributed by atoms with Crippen LogP contribution in [0, 0.1) is 5.92 Å². The number of piperidine rings is 1. The Kier molecular flexibility index (Phi) is 4.50. The van der Waals surface area contributed by atoms with Crippen LogP contribution < -0.4 is 4.90 Å². The largest absolute Gasteiger partial charge is 0.481 e. The number of halogens is 6. The van der Waals surface area contributed by atoms with Gasteiger partial charge in [-0.05, 0) is 31.0 Å². The second-order valence-electron chi connectivity index (χ2n) is 5.36. The van der Waals surface area contributed by atoms with Crippen LogP contribution in [0.1, 0.15) is 24.0 Å². The normalized spacial score (nSPS) is 17.4. The van der Waals surface area contributed by atoms with E-state index in [1.165, 1.54) is 4.90 Å². The van der Waals surface area contributed by atoms with Crippen LogP contribution in [0.2, 0.25) is 0 Å². The minimum atomic E-state index is -4.89. The molecule has 9 heteroatoms. The molecule has 23 heavy (non-hydrogen) atoms. The van der Waals surface area contributed by atoms with Crippen LogP contribution in [0.15, 0.2) is 18.2 Å². The molecule has 0 spiro atoms. The van der Waals surface area contributed by atoms with Crippen molar-refractivity contribution in [2.24, 2.45) is 5.92 Å². The lowest BCUT2D eigenvalue weighted by Crippen LogP contribution is -2.36. The number of carboxylic acid groups (broad SMARTS) is 1. The number of benzene rings is 1. The van der Waals surface area contributed by atoms with Crippen molar-refractivity contribution >= 4 is 11.7 Å². The minimum absolute atomic E-state index is 0.0769. The van der Waals surface area contributed by atoms with Crippen molar-refractivity contribution in [3.8, 4) is 0 Å². The highest BCUT2D eigenvalue weighted by Gasteiger charge is 2.37. The number of alkyl halides is 6. The molecule has 0 saturated carbocycles. The highest BCUT2D eigenvalue weighted by Crippen LogP contribution is 2.39. The first-order chi connectivity index (χ1) is 10.5. The van der Waals surface area contributed by atoms with E-state index in [-0.39, 0.29) is 37.7 Å². The lowest BCUT2D eigenvalue weighted by atomic mass is 9.96. The molecule has 0 radical (unpaired) electrons. The molecular formula is C14H13F6NO2. The van der Waals surface area contributed by atoms with E-state index in [9.17, 15) is 31.1 Å². The fraction of sp³-hybridized carbons (Fsp3) is 0.500. The lowest BCUT2D eigenvalue weighted by Gasteiger charge is -2.32. The van der Waals surface area contributed by atoms with Gasteiger partial charge in [-0.3, -0.25) is 4.79 Å². The van der Waals surface area contributed by atoms with E-state index < -0.39 is 35.4 Å². The Hall–Kier alpha value is -1.93. The molecule has 1 aliphatic heterocycles. The Bertz CT molecular complexity index is 556. The molecule has 0 bridgehead atoms. The summed E-state index contributed by atoms with van der Waals surface area (Å²) in [5.41, 5.74) is -2.94. The molecule has 0 aliphatic carbocycles. The van der Waals surface area contributed by atoms with Gasteiger partial charge >= 0.3 is 18.3 Å². The summed E-state index contributed by atoms with van der Waals surface area (Å²) in [5, 5.41) is 8.88. The predicted molar refractivity (Wildman–Crippen MR) is 69.0 cm³/mol. The molecule has 1 saturated heterocycles. The van der Waals surface area contributed by atoms with E-state index in [0.29, 0.717) is 12.1 Å². The molecule has 0 amide bonds. The van der Waals surface area contributed by atoms with Crippen molar-refractivity contribution in [1.29, 1.82) is 0 Å². The summed E-state index contributed by atoms with van der Waals surface area (Å²) in [5.74, 6) is -1.64. The average Bonchev–Trinajstić information content (AvgIpc) is 2.45. The van der Waals surface area contributed by atoms with Crippen molar-refractivity contribution < 1.29 is 36.2 Å². The third kappa shape index (κ3) is 4.08. The predicted octanol–water partition coefficient (Wildman–Crippen LogP) is 4.03. The number of hydrogen-bond donors (Lipinski definition) is 1. The van der Waals surface area contributed by atoms with E-state index in [1.54, 1.807) is 0 Å². The summed E-state index contributed by atoms with van der Waals surface area (Å²) < 4.78 is 76.8. The number of carboxylic acids is 1. The summed E-state index contributed by atoms with van der Waals surface area (Å²) >= 11 is 0. The second kappa shape index (κ2) is 5.93. The molecule has 1 heterocycles. The molecule has 1 aromatic rings. The number of nitrogens with zero attached hydrogens (tertiary/aromatic N) is 1. The SMILES string of the molecule is O=C(O)C1CCN(c2cc(C(F)(F)F)cc(C(F)(F)F)c2)CC1. The average molecular weight is 341 g/mol. The first-order valence-electron chi connectivity index (χ1n) is 6.75. The number of aliphatic carboxylic acids is 1. The van der Waals surface area contributed by atoms with Gasteiger partial charge in [0.15, 0.2) is 0 Å². The van der Waals surface area contributed by atoms with Gasteiger partial charge in [0.2, 0.25) is 0 Å². The Morgan fingerprint density at radius 3 is 1.74 bits per heavy atom. The van der Waals surface area contributed by atoms with Crippen molar-refractivity contribution in [1.82, 2.24) is 0 Å². The van der Waals surface area contributed by atoms with E-state index in [1.807, 2.05) is 0 Å². The van der Waals surface area contributed by atoms with Gasteiger partial charge in [-0.25, -0.2) is 0 Å². The summed E-state index contributed by atoms with van der Waals surface area (Å²) in [6, 6.07) is 1.40. The maximum atomic E-state index is 12.8. The van der Waals surface area contributed by atoms with Crippen LogP contribution in [0.4, 0.5) is 32.0 Å². The standard InChI is InChI=1S/C14H13F6NO2/c15-13(16,17)9-5-10(14(18,19)20)7-11(6-9)21-3-1-8(2-4-21)12(22)23/h5-8H,1-4H2,(H,22,23). The van der Waals surface area contributed by atoms with Crippen LogP contribution in [0.5, 0.6) is 0 Å². The van der Waals surface area contributed by atoms with Crippen molar-refractivity contribution in [2.45, 2.75) is 25.2 Å². The van der Waals surface area contributed by atoms with E-state index >= 15 is 0 Å². The molecule has 1 aromatic carbocycles. The number of carbonyl (C=O) groups is 1. The number of anilines is 1. The van der Waals surface area contributed by atoms with Gasteiger partial charge < -0.3 is 10.0 Å². The Morgan fingerprint density at radius 1 is 0.957 bits per heavy atom. The van der Waals surface area contributed by atoms with Crippen LogP contribution in [0.25, 0.3) is 0 Å². The summed E-state index contributed by atoms with van der Waals surface area (Å²) in [7, 11) is 0. The van der Waals surface area contributed by atoms with E-state index in [4.69, 9.17) is 5.11 Å². The van der Waals surface area contributed by atoms with Gasteiger partial charge in [0.05, 0.1) is 17.0 Å². The van der Waals surface area contributed by atoms with Gasteiger partial charge in [0, 0.05) is 18.8 Å². The third-order valence-corrected chi connectivity index (χ3v) is 3.78. The quantitative estimate of drug-likeness (QED) is 0.826. The molecule has 1 fully saturated rings. The highest BCUT2D eigenvalue weighted by atomic mass is 19.4. The molecular weight excluding hydrogens is 328 g/mol. The topological polar surface area (TPSA) is 40.5 Å². The van der Waals surface area contributed by atoms with Gasteiger partial charge in [-0.1, -0.05) is 0 Å². The van der Waals surface area contributed by atoms with Gasteiger partial charge in [-0.2, -0.15) is 26.3 Å². The first kappa shape index (κ1) is 17.4. The summed E-state index contributed by atoms with van der Waals surface area (Å²) in [6.45, 7) is 0.186. The molecule has 2 rings (SSSR count). The first-order valence-corrected chi connectivity index (χ1v) is 6.75. The maximum absolute atomic E-state index is 12.8. The van der Waals surface area contributed by atoms with Crippen molar-refractivity contribution in [3.63, 3.8) is 0 Å². The molecule has 3 nitrogen and oxygen atoms in total. The summed E-state index contributed by atoms with van der Waals surface area (Å²) in [6.07, 6.45) is -9.44. The summed E-state index contributed by atoms with van der Waals surface area (Å²) in [4.78, 5) is 12.2. The van der Waals surface area contributed by atoms with Crippen LogP contribution >= 0.6 is 0 Å². The van der Waals surface area contributed by atoms with Gasteiger partial charge in [-0.15, -0.1) is 0 Å². The van der Waals surface area contributed by atoms with E-state index in [2.05, 4.69) is 0 Å². The maximum Gasteiger partial charge on any atom is 0.416 e. The zero-order valence-corrected chi connectivity index (χ0v) is 11.7. The third-order valence-electron chi connectivity index (χ3n) is 3.78. The minimum Gasteiger partial charge on any atom is -0.481 e. The van der Waals surface area contributed by atoms with Gasteiger partial charge in [0.25, 0.3) is 0 Å². The van der Waals surface area contributed by atoms with E-state index in [0.717, 1.165) is 0 Å². The Balaban J connectivity index is 2.33. The number of hydrogen-bond acceptors (Lipinski definition) is 2. The second-order valence-corrected chi connectivity index (χ2v) is 5.36. The Morgan fingerprint density at radius 2 is 1.39 bits per heavy atom. The highest BCUT2D eigenvalue weighted by molar-refractivity contribution is 5.70. The Labute approximate surface area is 127 Å².